The van der Waals surface area contributed by atoms with Gasteiger partial charge in [-0.15, -0.1) is 10.2 Å². The molecular weight excluding hydrogens is 402 g/mol. The third kappa shape index (κ3) is 3.41. The van der Waals surface area contributed by atoms with Gasteiger partial charge in [-0.1, -0.05) is 16.8 Å². The highest BCUT2D eigenvalue weighted by molar-refractivity contribution is 6.30. The molecule has 1 fully saturated rings. The average Bonchev–Trinajstić information content (AvgIpc) is 3.30. The number of amides is 1. The Morgan fingerprint density at radius 1 is 1.10 bits per heavy atom. The standard InChI is InChI=1S/C22H24ClN5O2/c1-13-9-19(26-30-13)15-3-5-16(6-4-15)22-25-24-21-12-27(14(2)29)11-17-10-18(23)7-8-20(17)28(21)22/h7-10,15-16H,3-6,11-12H2,1-2H3/t15-,16-. The van der Waals surface area contributed by atoms with Crippen molar-refractivity contribution in [3.8, 4) is 5.69 Å². The number of fused-ring (bicyclic) bond motifs is 3. The number of aromatic nitrogens is 4. The Hall–Kier alpha value is -2.67. The van der Waals surface area contributed by atoms with Gasteiger partial charge in [-0.05, 0) is 56.4 Å². The van der Waals surface area contributed by atoms with E-state index in [1.807, 2.05) is 31.2 Å². The number of hydrogen-bond donors (Lipinski definition) is 0. The van der Waals surface area contributed by atoms with Crippen LogP contribution in [0.1, 0.15) is 73.1 Å². The van der Waals surface area contributed by atoms with Crippen molar-refractivity contribution in [1.82, 2.24) is 24.8 Å². The number of nitrogens with zero attached hydrogens (tertiary/aromatic N) is 5. The highest BCUT2D eigenvalue weighted by Crippen LogP contribution is 2.41. The van der Waals surface area contributed by atoms with Gasteiger partial charge in [0.15, 0.2) is 5.82 Å². The molecule has 2 aliphatic rings. The van der Waals surface area contributed by atoms with Gasteiger partial charge in [0, 0.05) is 36.4 Å². The molecule has 3 aromatic rings. The molecule has 1 aliphatic heterocycles. The van der Waals surface area contributed by atoms with E-state index in [2.05, 4.69) is 19.9 Å². The van der Waals surface area contributed by atoms with Crippen molar-refractivity contribution in [3.63, 3.8) is 0 Å². The van der Waals surface area contributed by atoms with Crippen LogP contribution in [0, 0.1) is 6.92 Å². The van der Waals surface area contributed by atoms with E-state index in [-0.39, 0.29) is 5.91 Å². The molecule has 0 bridgehead atoms. The molecule has 5 rings (SSSR count). The second-order valence-electron chi connectivity index (χ2n) is 8.37. The number of aryl methyl sites for hydroxylation is 1. The molecule has 0 spiro atoms. The Labute approximate surface area is 180 Å². The monoisotopic (exact) mass is 425 g/mol. The number of carbonyl (C=O) groups is 1. The highest BCUT2D eigenvalue weighted by atomic mass is 35.5. The predicted molar refractivity (Wildman–Crippen MR) is 111 cm³/mol. The van der Waals surface area contributed by atoms with Crippen molar-refractivity contribution in [2.24, 2.45) is 0 Å². The normalized spacial score (nSPS) is 21.1. The number of carbonyl (C=O) groups excluding carboxylic acids is 1. The molecule has 8 heteroatoms. The van der Waals surface area contributed by atoms with Gasteiger partial charge in [0.2, 0.25) is 5.91 Å². The van der Waals surface area contributed by atoms with E-state index in [1.165, 1.54) is 0 Å². The first-order chi connectivity index (χ1) is 14.5. The Bertz CT molecular complexity index is 1100. The minimum Gasteiger partial charge on any atom is -0.361 e. The summed E-state index contributed by atoms with van der Waals surface area (Å²) in [6.07, 6.45) is 4.14. The quantitative estimate of drug-likeness (QED) is 0.603. The lowest BCUT2D eigenvalue weighted by Gasteiger charge is -2.27. The Morgan fingerprint density at radius 3 is 2.57 bits per heavy atom. The van der Waals surface area contributed by atoms with Gasteiger partial charge >= 0.3 is 0 Å². The van der Waals surface area contributed by atoms with Gasteiger partial charge in [0.1, 0.15) is 11.6 Å². The van der Waals surface area contributed by atoms with Gasteiger partial charge in [0.25, 0.3) is 0 Å². The molecule has 3 heterocycles. The van der Waals surface area contributed by atoms with Crippen LogP contribution in [-0.2, 0) is 17.9 Å². The maximum absolute atomic E-state index is 12.2. The molecule has 0 unspecified atom stereocenters. The fourth-order valence-electron chi connectivity index (χ4n) is 4.74. The van der Waals surface area contributed by atoms with Crippen LogP contribution in [0.2, 0.25) is 5.02 Å². The minimum absolute atomic E-state index is 0.0161. The molecular formula is C22H24ClN5O2. The first-order valence-corrected chi connectivity index (χ1v) is 10.8. The first kappa shape index (κ1) is 19.3. The third-order valence-corrected chi connectivity index (χ3v) is 6.57. The Morgan fingerprint density at radius 2 is 1.87 bits per heavy atom. The van der Waals surface area contributed by atoms with Crippen LogP contribution >= 0.6 is 11.6 Å². The first-order valence-electron chi connectivity index (χ1n) is 10.4. The van der Waals surface area contributed by atoms with E-state index in [4.69, 9.17) is 16.1 Å². The summed E-state index contributed by atoms with van der Waals surface area (Å²) < 4.78 is 7.42. The summed E-state index contributed by atoms with van der Waals surface area (Å²) >= 11 is 6.27. The molecule has 2 aromatic heterocycles. The second kappa shape index (κ2) is 7.54. The molecule has 1 aromatic carbocycles. The molecule has 7 nitrogen and oxygen atoms in total. The topological polar surface area (TPSA) is 77.0 Å². The number of rotatable bonds is 2. The van der Waals surface area contributed by atoms with E-state index in [0.29, 0.717) is 29.9 Å². The van der Waals surface area contributed by atoms with Crippen molar-refractivity contribution in [3.05, 3.63) is 58.0 Å². The third-order valence-electron chi connectivity index (χ3n) is 6.33. The molecule has 0 radical (unpaired) electrons. The van der Waals surface area contributed by atoms with Gasteiger partial charge < -0.3 is 9.42 Å². The molecule has 0 N–H and O–H groups in total. The van der Waals surface area contributed by atoms with Crippen LogP contribution in [0.25, 0.3) is 5.69 Å². The lowest BCUT2D eigenvalue weighted by atomic mass is 9.80. The van der Waals surface area contributed by atoms with Crippen molar-refractivity contribution < 1.29 is 9.32 Å². The zero-order valence-electron chi connectivity index (χ0n) is 17.1. The van der Waals surface area contributed by atoms with E-state index in [9.17, 15) is 4.79 Å². The van der Waals surface area contributed by atoms with Crippen LogP contribution in [0.5, 0.6) is 0 Å². The lowest BCUT2D eigenvalue weighted by Crippen LogP contribution is -2.27. The van der Waals surface area contributed by atoms with E-state index in [1.54, 1.807) is 11.8 Å². The number of benzene rings is 1. The molecule has 1 aliphatic carbocycles. The van der Waals surface area contributed by atoms with Crippen molar-refractivity contribution in [2.45, 2.75) is 64.5 Å². The fraction of sp³-hybridized carbons (Fsp3) is 0.455. The van der Waals surface area contributed by atoms with Crippen LogP contribution in [0.3, 0.4) is 0 Å². The maximum Gasteiger partial charge on any atom is 0.220 e. The molecule has 156 valence electrons. The number of halogens is 1. The van der Waals surface area contributed by atoms with Crippen LogP contribution < -0.4 is 0 Å². The Kier molecular flexibility index (Phi) is 4.85. The minimum atomic E-state index is 0.0161. The SMILES string of the molecule is CC(=O)N1Cc2cc(Cl)ccc2-n2c(nnc2[C@H]2CC[C@H](c3cc(C)on3)CC2)C1. The predicted octanol–water partition coefficient (Wildman–Crippen LogP) is 4.52. The molecule has 30 heavy (non-hydrogen) atoms. The maximum atomic E-state index is 12.2. The number of hydrogen-bond acceptors (Lipinski definition) is 5. The summed E-state index contributed by atoms with van der Waals surface area (Å²) in [7, 11) is 0. The van der Waals surface area contributed by atoms with Gasteiger partial charge in [-0.2, -0.15) is 0 Å². The largest absolute Gasteiger partial charge is 0.361 e. The van der Waals surface area contributed by atoms with Crippen LogP contribution in [0.15, 0.2) is 28.8 Å². The van der Waals surface area contributed by atoms with E-state index in [0.717, 1.165) is 60.0 Å². The van der Waals surface area contributed by atoms with Crippen molar-refractivity contribution >= 4 is 17.5 Å². The summed E-state index contributed by atoms with van der Waals surface area (Å²) in [5, 5.41) is 14.0. The van der Waals surface area contributed by atoms with Crippen molar-refractivity contribution in [2.75, 3.05) is 0 Å². The molecule has 0 atom stereocenters. The lowest BCUT2D eigenvalue weighted by molar-refractivity contribution is -0.130. The molecule has 0 saturated heterocycles. The second-order valence-corrected chi connectivity index (χ2v) is 8.81. The smallest absolute Gasteiger partial charge is 0.220 e. The van der Waals surface area contributed by atoms with Gasteiger partial charge in [-0.25, -0.2) is 0 Å². The fourth-order valence-corrected chi connectivity index (χ4v) is 4.93. The molecule has 1 saturated carbocycles. The highest BCUT2D eigenvalue weighted by Gasteiger charge is 2.32. The summed E-state index contributed by atoms with van der Waals surface area (Å²) in [5.41, 5.74) is 3.10. The van der Waals surface area contributed by atoms with Crippen molar-refractivity contribution in [1.29, 1.82) is 0 Å². The summed E-state index contributed by atoms with van der Waals surface area (Å²) in [5.74, 6) is 3.42. The zero-order valence-corrected chi connectivity index (χ0v) is 17.9. The summed E-state index contributed by atoms with van der Waals surface area (Å²) in [6, 6.07) is 7.89. The summed E-state index contributed by atoms with van der Waals surface area (Å²) in [6.45, 7) is 4.49. The van der Waals surface area contributed by atoms with Gasteiger partial charge in [-0.3, -0.25) is 9.36 Å². The van der Waals surface area contributed by atoms with Crippen LogP contribution in [-0.4, -0.2) is 30.7 Å². The van der Waals surface area contributed by atoms with Gasteiger partial charge in [0.05, 0.1) is 17.9 Å². The van der Waals surface area contributed by atoms with Crippen LogP contribution in [0.4, 0.5) is 0 Å². The van der Waals surface area contributed by atoms with E-state index >= 15 is 0 Å². The Balaban J connectivity index is 1.47. The molecule has 1 amide bonds. The average molecular weight is 426 g/mol. The summed E-state index contributed by atoms with van der Waals surface area (Å²) in [4.78, 5) is 13.9. The van der Waals surface area contributed by atoms with E-state index < -0.39 is 0 Å². The zero-order chi connectivity index (χ0) is 20.8.